The van der Waals surface area contributed by atoms with E-state index in [-0.39, 0.29) is 22.8 Å². The minimum Gasteiger partial charge on any atom is -0.410 e. The van der Waals surface area contributed by atoms with Crippen molar-refractivity contribution in [1.82, 2.24) is 10.2 Å². The lowest BCUT2D eigenvalue weighted by molar-refractivity contribution is -0.138. The Labute approximate surface area is 195 Å². The van der Waals surface area contributed by atoms with Crippen LogP contribution in [0.25, 0.3) is 0 Å². The standard InChI is InChI=1S/C26H33ClN2O3/c1-25-13-11-20-18(7-10-22-26(20,2)14-12-23(30)29(22)3)19(25)8-9-21(25)28-24(31)32-17-6-4-5-16(27)15-17/h4-6,12,14-15,18-22H,7-11,13H2,1-3H3,(H,28,31)/t18-,19-,20-,21-,22+,25-,26+/m0/s1. The highest BCUT2D eigenvalue weighted by molar-refractivity contribution is 6.30. The molecule has 5 rings (SSSR count). The quantitative estimate of drug-likeness (QED) is 0.644. The monoisotopic (exact) mass is 456 g/mol. The molecular weight excluding hydrogens is 424 g/mol. The Morgan fingerprint density at radius 1 is 1.16 bits per heavy atom. The third kappa shape index (κ3) is 3.35. The number of halogens is 1. The Morgan fingerprint density at radius 3 is 2.75 bits per heavy atom. The third-order valence-corrected chi connectivity index (χ3v) is 9.66. The van der Waals surface area contributed by atoms with Gasteiger partial charge in [0.05, 0.1) is 0 Å². The molecule has 0 saturated heterocycles. The lowest BCUT2D eigenvalue weighted by Gasteiger charge is -2.60. The Morgan fingerprint density at radius 2 is 1.97 bits per heavy atom. The summed E-state index contributed by atoms with van der Waals surface area (Å²) in [6.07, 6.45) is 10.2. The highest BCUT2D eigenvalue weighted by atomic mass is 35.5. The topological polar surface area (TPSA) is 58.6 Å². The minimum absolute atomic E-state index is 0.0456. The van der Waals surface area contributed by atoms with Crippen LogP contribution < -0.4 is 10.1 Å². The van der Waals surface area contributed by atoms with Gasteiger partial charge in [-0.3, -0.25) is 4.79 Å². The van der Waals surface area contributed by atoms with E-state index in [2.05, 4.69) is 25.2 Å². The molecule has 4 aliphatic rings. The summed E-state index contributed by atoms with van der Waals surface area (Å²) in [6.45, 7) is 4.73. The normalized spacial score (nSPS) is 40.3. The van der Waals surface area contributed by atoms with Gasteiger partial charge >= 0.3 is 6.09 Å². The first kappa shape index (κ1) is 21.8. The van der Waals surface area contributed by atoms with Crippen molar-refractivity contribution in [2.24, 2.45) is 28.6 Å². The number of carbonyl (C=O) groups excluding carboxylic acids is 2. The van der Waals surface area contributed by atoms with Gasteiger partial charge in [-0.1, -0.05) is 37.6 Å². The molecule has 5 nitrogen and oxygen atoms in total. The van der Waals surface area contributed by atoms with Crippen LogP contribution >= 0.6 is 11.6 Å². The molecule has 172 valence electrons. The van der Waals surface area contributed by atoms with Crippen LogP contribution in [0.3, 0.4) is 0 Å². The number of hydrogen-bond acceptors (Lipinski definition) is 3. The Balaban J connectivity index is 1.31. The van der Waals surface area contributed by atoms with Crippen molar-refractivity contribution in [3.05, 3.63) is 41.4 Å². The molecule has 1 heterocycles. The summed E-state index contributed by atoms with van der Waals surface area (Å²) in [6, 6.07) is 7.36. The molecule has 1 aromatic carbocycles. The summed E-state index contributed by atoms with van der Waals surface area (Å²) in [7, 11) is 1.96. The van der Waals surface area contributed by atoms with Crippen molar-refractivity contribution in [2.75, 3.05) is 7.05 Å². The summed E-state index contributed by atoms with van der Waals surface area (Å²) in [5.74, 6) is 2.41. The van der Waals surface area contributed by atoms with E-state index in [1.165, 1.54) is 0 Å². The van der Waals surface area contributed by atoms with Crippen LogP contribution in [-0.4, -0.2) is 36.0 Å². The van der Waals surface area contributed by atoms with Crippen molar-refractivity contribution in [1.29, 1.82) is 0 Å². The molecular formula is C26H33ClN2O3. The first-order valence-electron chi connectivity index (χ1n) is 11.9. The van der Waals surface area contributed by atoms with Gasteiger partial charge in [-0.05, 0) is 86.0 Å². The lowest BCUT2D eigenvalue weighted by atomic mass is 9.48. The number of amides is 2. The van der Waals surface area contributed by atoms with Gasteiger partial charge in [0, 0.05) is 29.6 Å². The number of rotatable bonds is 2. The maximum Gasteiger partial charge on any atom is 0.412 e. The van der Waals surface area contributed by atoms with Gasteiger partial charge in [-0.15, -0.1) is 0 Å². The smallest absolute Gasteiger partial charge is 0.410 e. The second-order valence-electron chi connectivity index (χ2n) is 10.8. The Bertz CT molecular complexity index is 964. The molecule has 6 heteroatoms. The van der Waals surface area contributed by atoms with Gasteiger partial charge in [0.2, 0.25) is 5.91 Å². The van der Waals surface area contributed by atoms with Crippen molar-refractivity contribution in [3.8, 4) is 5.75 Å². The van der Waals surface area contributed by atoms with Crippen molar-refractivity contribution in [2.45, 2.75) is 64.5 Å². The highest BCUT2D eigenvalue weighted by Crippen LogP contribution is 2.63. The van der Waals surface area contributed by atoms with Gasteiger partial charge in [0.25, 0.3) is 0 Å². The molecule has 3 aliphatic carbocycles. The van der Waals surface area contributed by atoms with Gasteiger partial charge in [-0.25, -0.2) is 4.79 Å². The van der Waals surface area contributed by atoms with Crippen LogP contribution in [0.5, 0.6) is 5.75 Å². The predicted molar refractivity (Wildman–Crippen MR) is 124 cm³/mol. The zero-order chi connectivity index (χ0) is 22.7. The first-order valence-corrected chi connectivity index (χ1v) is 12.3. The summed E-state index contributed by atoms with van der Waals surface area (Å²) >= 11 is 6.02. The molecule has 3 fully saturated rings. The summed E-state index contributed by atoms with van der Waals surface area (Å²) in [5, 5.41) is 3.74. The van der Waals surface area contributed by atoms with E-state index in [9.17, 15) is 9.59 Å². The molecule has 2 amide bonds. The predicted octanol–water partition coefficient (Wildman–Crippen LogP) is 5.44. The fraction of sp³-hybridized carbons (Fsp3) is 0.615. The third-order valence-electron chi connectivity index (χ3n) is 9.43. The van der Waals surface area contributed by atoms with Gasteiger partial charge in [-0.2, -0.15) is 0 Å². The lowest BCUT2D eigenvalue weighted by Crippen LogP contribution is -2.60. The number of ether oxygens (including phenoxy) is 1. The van der Waals surface area contributed by atoms with E-state index in [1.54, 1.807) is 30.3 Å². The average molecular weight is 457 g/mol. The summed E-state index contributed by atoms with van der Waals surface area (Å²) in [4.78, 5) is 26.9. The molecule has 3 saturated carbocycles. The Kier molecular flexibility index (Phi) is 5.31. The highest BCUT2D eigenvalue weighted by Gasteiger charge is 2.60. The number of carbonyl (C=O) groups is 2. The molecule has 0 bridgehead atoms. The van der Waals surface area contributed by atoms with Crippen LogP contribution in [0.4, 0.5) is 4.79 Å². The maximum absolute atomic E-state index is 12.7. The maximum atomic E-state index is 12.7. The first-order chi connectivity index (χ1) is 15.2. The van der Waals surface area contributed by atoms with Crippen molar-refractivity contribution >= 4 is 23.6 Å². The van der Waals surface area contributed by atoms with Crippen LogP contribution in [0.15, 0.2) is 36.4 Å². The number of benzene rings is 1. The van der Waals surface area contributed by atoms with Crippen molar-refractivity contribution in [3.63, 3.8) is 0 Å². The van der Waals surface area contributed by atoms with Crippen LogP contribution in [0.1, 0.15) is 52.4 Å². The molecule has 0 spiro atoms. The van der Waals surface area contributed by atoms with E-state index in [0.29, 0.717) is 34.6 Å². The average Bonchev–Trinajstić information content (AvgIpc) is 3.07. The van der Waals surface area contributed by atoms with E-state index in [0.717, 1.165) is 38.5 Å². The zero-order valence-corrected chi connectivity index (χ0v) is 19.9. The molecule has 1 N–H and O–H groups in total. The number of nitrogens with zero attached hydrogens (tertiary/aromatic N) is 1. The van der Waals surface area contributed by atoms with Gasteiger partial charge in [0.15, 0.2) is 0 Å². The van der Waals surface area contributed by atoms with Gasteiger partial charge < -0.3 is 15.0 Å². The minimum atomic E-state index is -0.396. The van der Waals surface area contributed by atoms with E-state index >= 15 is 0 Å². The van der Waals surface area contributed by atoms with Crippen LogP contribution in [0, 0.1) is 28.6 Å². The fourth-order valence-corrected chi connectivity index (χ4v) is 7.97. The molecule has 1 aliphatic heterocycles. The van der Waals surface area contributed by atoms with E-state index < -0.39 is 6.09 Å². The van der Waals surface area contributed by atoms with Crippen molar-refractivity contribution < 1.29 is 14.3 Å². The number of nitrogens with one attached hydrogen (secondary N) is 1. The van der Waals surface area contributed by atoms with Crippen LogP contribution in [0.2, 0.25) is 5.02 Å². The summed E-state index contributed by atoms with van der Waals surface area (Å²) < 4.78 is 5.52. The SMILES string of the molecule is CN1C(=O)C=C[C@]2(C)[C@H]3CC[C@]4(C)[C@@H](NC(=O)Oc5cccc(Cl)c5)CC[C@H]4[C@@H]3CC[C@@H]12. The number of hydrogen-bond donors (Lipinski definition) is 1. The number of fused-ring (bicyclic) bond motifs is 5. The molecule has 0 radical (unpaired) electrons. The van der Waals surface area contributed by atoms with E-state index in [4.69, 9.17) is 16.3 Å². The zero-order valence-electron chi connectivity index (χ0n) is 19.1. The molecule has 0 unspecified atom stereocenters. The molecule has 7 atom stereocenters. The van der Waals surface area contributed by atoms with Gasteiger partial charge in [0.1, 0.15) is 5.75 Å². The second kappa shape index (κ2) is 7.79. The summed E-state index contributed by atoms with van der Waals surface area (Å²) in [5.41, 5.74) is 0.127. The fourth-order valence-electron chi connectivity index (χ4n) is 7.78. The second-order valence-corrected chi connectivity index (χ2v) is 11.2. The number of likely N-dealkylation sites (N-methyl/N-ethyl adjacent to an activating group) is 1. The largest absolute Gasteiger partial charge is 0.412 e. The molecule has 1 aromatic rings. The Hall–Kier alpha value is -2.01. The van der Waals surface area contributed by atoms with Crippen LogP contribution in [-0.2, 0) is 4.79 Å². The van der Waals surface area contributed by atoms with E-state index in [1.807, 2.05) is 11.9 Å². The molecule has 32 heavy (non-hydrogen) atoms. The molecule has 0 aromatic heterocycles.